The van der Waals surface area contributed by atoms with Crippen LogP contribution >= 0.6 is 11.6 Å². The Morgan fingerprint density at radius 2 is 1.65 bits per heavy atom. The van der Waals surface area contributed by atoms with E-state index in [1.807, 2.05) is 6.92 Å². The lowest BCUT2D eigenvalue weighted by Crippen LogP contribution is -2.28. The molecule has 0 aromatic heterocycles. The number of hydrogen-bond donors (Lipinski definition) is 2. The fourth-order valence-electron chi connectivity index (χ4n) is 3.80. The van der Waals surface area contributed by atoms with Gasteiger partial charge in [0.05, 0.1) is 34.5 Å². The summed E-state index contributed by atoms with van der Waals surface area (Å²) in [6, 6.07) is 20.8. The number of anilines is 3. The Morgan fingerprint density at radius 3 is 2.35 bits per heavy atom. The van der Waals surface area contributed by atoms with Crippen LogP contribution in [-0.4, -0.2) is 30.9 Å². The largest absolute Gasteiger partial charge is 0.494 e. The molecule has 1 saturated heterocycles. The van der Waals surface area contributed by atoms with Gasteiger partial charge in [-0.1, -0.05) is 35.9 Å². The Hall–Kier alpha value is -3.84. The van der Waals surface area contributed by atoms with Crippen LogP contribution in [0.4, 0.5) is 17.1 Å². The van der Waals surface area contributed by atoms with E-state index in [-0.39, 0.29) is 24.8 Å². The molecule has 1 aliphatic heterocycles. The molecule has 7 nitrogen and oxygen atoms in total. The molecule has 3 aromatic rings. The first-order valence-corrected chi connectivity index (χ1v) is 11.3. The van der Waals surface area contributed by atoms with Crippen LogP contribution in [0.3, 0.4) is 0 Å². The number of benzene rings is 3. The summed E-state index contributed by atoms with van der Waals surface area (Å²) in [4.78, 5) is 40.1. The van der Waals surface area contributed by atoms with Gasteiger partial charge in [-0.05, 0) is 55.5 Å². The van der Waals surface area contributed by atoms with Crippen LogP contribution in [0.25, 0.3) is 0 Å². The third kappa shape index (κ3) is 5.21. The maximum Gasteiger partial charge on any atom is 0.257 e. The molecule has 0 saturated carbocycles. The van der Waals surface area contributed by atoms with Gasteiger partial charge in [0, 0.05) is 18.7 Å². The Kier molecular flexibility index (Phi) is 7.13. The third-order valence-electron chi connectivity index (χ3n) is 5.51. The van der Waals surface area contributed by atoms with E-state index in [2.05, 4.69) is 10.6 Å². The van der Waals surface area contributed by atoms with Gasteiger partial charge < -0.3 is 20.3 Å². The molecular weight excluding hydrogens is 454 g/mol. The molecule has 0 aliphatic carbocycles. The number of para-hydroxylation sites is 2. The van der Waals surface area contributed by atoms with E-state index in [9.17, 15) is 14.4 Å². The van der Waals surface area contributed by atoms with E-state index in [1.165, 1.54) is 0 Å². The van der Waals surface area contributed by atoms with Crippen LogP contribution in [0.15, 0.2) is 72.8 Å². The van der Waals surface area contributed by atoms with E-state index in [0.29, 0.717) is 34.3 Å². The van der Waals surface area contributed by atoms with Gasteiger partial charge in [-0.2, -0.15) is 0 Å². The first-order valence-electron chi connectivity index (χ1n) is 10.9. The van der Waals surface area contributed by atoms with Crippen LogP contribution in [-0.2, 0) is 9.59 Å². The summed E-state index contributed by atoms with van der Waals surface area (Å²) in [5, 5.41) is 6.00. The van der Waals surface area contributed by atoms with Crippen LogP contribution in [0.1, 0.15) is 23.7 Å². The summed E-state index contributed by atoms with van der Waals surface area (Å²) >= 11 is 6.14. The number of carbonyl (C=O) groups is 3. The number of nitrogens with zero attached hydrogens (tertiary/aromatic N) is 1. The highest BCUT2D eigenvalue weighted by atomic mass is 35.5. The average Bonchev–Trinajstić information content (AvgIpc) is 3.23. The van der Waals surface area contributed by atoms with Crippen molar-refractivity contribution in [3.63, 3.8) is 0 Å². The highest BCUT2D eigenvalue weighted by Gasteiger charge is 2.35. The van der Waals surface area contributed by atoms with Crippen molar-refractivity contribution in [2.75, 3.05) is 28.7 Å². The van der Waals surface area contributed by atoms with Crippen LogP contribution in [0, 0.1) is 5.92 Å². The first-order chi connectivity index (χ1) is 16.5. The van der Waals surface area contributed by atoms with Gasteiger partial charge in [-0.3, -0.25) is 14.4 Å². The standard InChI is InChI=1S/C26H24ClN3O4/c1-2-34-19-13-11-18(12-14-19)30-16-17(15-24(30)31)25(32)28-22-9-5-3-7-20(22)26(33)29-23-10-6-4-8-21(23)27/h3-14,17H,2,15-16H2,1H3,(H,28,32)(H,29,33). The molecule has 34 heavy (non-hydrogen) atoms. The summed E-state index contributed by atoms with van der Waals surface area (Å²) in [7, 11) is 0. The molecule has 1 heterocycles. The number of nitrogens with one attached hydrogen (secondary N) is 2. The second-order valence-corrected chi connectivity index (χ2v) is 8.21. The third-order valence-corrected chi connectivity index (χ3v) is 5.84. The monoisotopic (exact) mass is 477 g/mol. The van der Waals surface area contributed by atoms with Crippen molar-refractivity contribution in [3.05, 3.63) is 83.4 Å². The maximum atomic E-state index is 13.0. The SMILES string of the molecule is CCOc1ccc(N2CC(C(=O)Nc3ccccc3C(=O)Nc3ccccc3Cl)CC2=O)cc1. The van der Waals surface area contributed by atoms with Gasteiger partial charge in [0.15, 0.2) is 0 Å². The summed E-state index contributed by atoms with van der Waals surface area (Å²) in [6.45, 7) is 2.72. The average molecular weight is 478 g/mol. The maximum absolute atomic E-state index is 13.0. The summed E-state index contributed by atoms with van der Waals surface area (Å²) in [5.41, 5.74) is 1.85. The molecule has 0 bridgehead atoms. The minimum atomic E-state index is -0.543. The van der Waals surface area contributed by atoms with Crippen LogP contribution in [0.5, 0.6) is 5.75 Å². The van der Waals surface area contributed by atoms with Crippen molar-refractivity contribution in [1.82, 2.24) is 0 Å². The molecule has 0 radical (unpaired) electrons. The molecular formula is C26H24ClN3O4. The van der Waals surface area contributed by atoms with E-state index < -0.39 is 11.8 Å². The first kappa shape index (κ1) is 23.3. The molecule has 4 rings (SSSR count). The molecule has 3 amide bonds. The number of carbonyl (C=O) groups excluding carboxylic acids is 3. The van der Waals surface area contributed by atoms with Crippen molar-refractivity contribution >= 4 is 46.4 Å². The van der Waals surface area contributed by atoms with E-state index >= 15 is 0 Å². The number of amides is 3. The van der Waals surface area contributed by atoms with Crippen LogP contribution < -0.4 is 20.3 Å². The fourth-order valence-corrected chi connectivity index (χ4v) is 3.98. The Balaban J connectivity index is 1.44. The summed E-state index contributed by atoms with van der Waals surface area (Å²) < 4.78 is 5.44. The van der Waals surface area contributed by atoms with Gasteiger partial charge in [-0.15, -0.1) is 0 Å². The number of hydrogen-bond acceptors (Lipinski definition) is 4. The van der Waals surface area contributed by atoms with Gasteiger partial charge in [0.1, 0.15) is 5.75 Å². The minimum absolute atomic E-state index is 0.0903. The summed E-state index contributed by atoms with van der Waals surface area (Å²) in [6.07, 6.45) is 0.0903. The van der Waals surface area contributed by atoms with Crippen molar-refractivity contribution in [2.24, 2.45) is 5.92 Å². The molecule has 8 heteroatoms. The molecule has 0 spiro atoms. The lowest BCUT2D eigenvalue weighted by molar-refractivity contribution is -0.122. The lowest BCUT2D eigenvalue weighted by Gasteiger charge is -2.18. The second kappa shape index (κ2) is 10.4. The van der Waals surface area contributed by atoms with Crippen LogP contribution in [0.2, 0.25) is 5.02 Å². The van der Waals surface area contributed by atoms with Gasteiger partial charge in [0.2, 0.25) is 11.8 Å². The predicted octanol–water partition coefficient (Wildman–Crippen LogP) is 4.98. The number of rotatable bonds is 7. The van der Waals surface area contributed by atoms with Gasteiger partial charge in [0.25, 0.3) is 5.91 Å². The number of ether oxygens (including phenoxy) is 1. The molecule has 1 aliphatic rings. The molecule has 1 fully saturated rings. The quantitative estimate of drug-likeness (QED) is 0.502. The molecule has 1 atom stereocenters. The van der Waals surface area contributed by atoms with Crippen molar-refractivity contribution in [1.29, 1.82) is 0 Å². The highest BCUT2D eigenvalue weighted by molar-refractivity contribution is 6.34. The van der Waals surface area contributed by atoms with Crippen molar-refractivity contribution < 1.29 is 19.1 Å². The zero-order chi connectivity index (χ0) is 24.1. The van der Waals surface area contributed by atoms with E-state index in [4.69, 9.17) is 16.3 Å². The lowest BCUT2D eigenvalue weighted by atomic mass is 10.1. The van der Waals surface area contributed by atoms with Crippen molar-refractivity contribution in [3.8, 4) is 5.75 Å². The topological polar surface area (TPSA) is 87.7 Å². The zero-order valence-electron chi connectivity index (χ0n) is 18.6. The zero-order valence-corrected chi connectivity index (χ0v) is 19.3. The smallest absolute Gasteiger partial charge is 0.257 e. The Morgan fingerprint density at radius 1 is 0.971 bits per heavy atom. The van der Waals surface area contributed by atoms with E-state index in [0.717, 1.165) is 5.75 Å². The predicted molar refractivity (Wildman–Crippen MR) is 133 cm³/mol. The highest BCUT2D eigenvalue weighted by Crippen LogP contribution is 2.28. The van der Waals surface area contributed by atoms with Gasteiger partial charge in [-0.25, -0.2) is 0 Å². The Bertz CT molecular complexity index is 1210. The second-order valence-electron chi connectivity index (χ2n) is 7.80. The molecule has 2 N–H and O–H groups in total. The summed E-state index contributed by atoms with van der Waals surface area (Å²) in [5.74, 6) is -0.672. The minimum Gasteiger partial charge on any atom is -0.494 e. The molecule has 174 valence electrons. The normalized spacial score (nSPS) is 15.2. The van der Waals surface area contributed by atoms with Gasteiger partial charge >= 0.3 is 0 Å². The number of halogens is 1. The Labute approximate surface area is 202 Å². The fraction of sp³-hybridized carbons (Fsp3) is 0.192. The molecule has 3 aromatic carbocycles. The van der Waals surface area contributed by atoms with Crippen molar-refractivity contribution in [2.45, 2.75) is 13.3 Å². The van der Waals surface area contributed by atoms with E-state index in [1.54, 1.807) is 77.7 Å². The molecule has 1 unspecified atom stereocenters.